The molecular weight excluding hydrogens is 215 g/mol. The molecule has 1 atom stereocenters. The molecule has 5 heteroatoms. The molecule has 0 aliphatic heterocycles. The summed E-state index contributed by atoms with van der Waals surface area (Å²) in [4.78, 5) is 0. The molecule has 1 aromatic rings. The molecule has 0 aromatic heterocycles. The minimum atomic E-state index is -1.09. The highest BCUT2D eigenvalue weighted by molar-refractivity contribution is 5.85. The summed E-state index contributed by atoms with van der Waals surface area (Å²) in [5.41, 5.74) is 5.30. The van der Waals surface area contributed by atoms with Gasteiger partial charge in [-0.05, 0) is 12.5 Å². The second-order valence-electron chi connectivity index (χ2n) is 2.86. The van der Waals surface area contributed by atoms with E-state index in [4.69, 9.17) is 5.73 Å². The average Bonchev–Trinajstić information content (AvgIpc) is 2.13. The number of hydrogen-bond donors (Lipinski definition) is 1. The summed E-state index contributed by atoms with van der Waals surface area (Å²) < 4.78 is 38.1. The predicted molar refractivity (Wildman–Crippen MR) is 51.2 cm³/mol. The van der Waals surface area contributed by atoms with Crippen molar-refractivity contribution in [2.45, 2.75) is 13.0 Å². The fourth-order valence-electron chi connectivity index (χ4n) is 1.03. The minimum absolute atomic E-state index is 0. The second-order valence-corrected chi connectivity index (χ2v) is 2.86. The van der Waals surface area contributed by atoms with Crippen molar-refractivity contribution in [2.24, 2.45) is 5.73 Å². The first-order valence-electron chi connectivity index (χ1n) is 3.84. The first-order valence-corrected chi connectivity index (χ1v) is 3.84. The van der Waals surface area contributed by atoms with Crippen molar-refractivity contribution in [3.8, 4) is 0 Å². The Morgan fingerprint density at radius 1 is 1.29 bits per heavy atom. The molecule has 0 spiro atoms. The molecule has 0 amide bonds. The van der Waals surface area contributed by atoms with Gasteiger partial charge in [-0.25, -0.2) is 13.2 Å². The fourth-order valence-corrected chi connectivity index (χ4v) is 1.03. The molecule has 80 valence electrons. The summed E-state index contributed by atoms with van der Waals surface area (Å²) >= 11 is 0. The lowest BCUT2D eigenvalue weighted by atomic mass is 10.1. The maximum Gasteiger partial charge on any atom is 0.163 e. The zero-order chi connectivity index (χ0) is 10.0. The van der Waals surface area contributed by atoms with E-state index in [-0.39, 0.29) is 23.5 Å². The van der Waals surface area contributed by atoms with Crippen LogP contribution in [0.4, 0.5) is 13.2 Å². The van der Waals surface area contributed by atoms with E-state index in [1.165, 1.54) is 19.1 Å². The van der Waals surface area contributed by atoms with Gasteiger partial charge in [0.2, 0.25) is 0 Å². The van der Waals surface area contributed by atoms with Crippen LogP contribution in [0.15, 0.2) is 12.1 Å². The highest BCUT2D eigenvalue weighted by atomic mass is 35.5. The van der Waals surface area contributed by atoms with Gasteiger partial charge in [0.05, 0.1) is 6.04 Å². The highest BCUT2D eigenvalue weighted by Crippen LogP contribution is 2.20. The van der Waals surface area contributed by atoms with Crippen LogP contribution in [0.3, 0.4) is 0 Å². The van der Waals surface area contributed by atoms with Crippen molar-refractivity contribution in [2.75, 3.05) is 6.67 Å². The van der Waals surface area contributed by atoms with E-state index in [0.717, 1.165) is 0 Å². The Balaban J connectivity index is 0.00000169. The number of nitrogens with two attached hydrogens (primary N) is 1. The van der Waals surface area contributed by atoms with E-state index < -0.39 is 24.4 Å². The quantitative estimate of drug-likeness (QED) is 0.823. The van der Waals surface area contributed by atoms with Crippen LogP contribution in [-0.2, 0) is 0 Å². The number of alkyl halides is 1. The first-order chi connectivity index (χ1) is 6.07. The predicted octanol–water partition coefficient (Wildman–Crippen LogP) is 2.66. The fraction of sp³-hybridized carbons (Fsp3) is 0.333. The molecule has 0 bridgehead atoms. The topological polar surface area (TPSA) is 26.0 Å². The van der Waals surface area contributed by atoms with Gasteiger partial charge in [-0.1, -0.05) is 12.1 Å². The maximum absolute atomic E-state index is 13.1. The smallest absolute Gasteiger partial charge is 0.163 e. The molecule has 0 aliphatic carbocycles. The normalized spacial score (nSPS) is 12.1. The molecule has 1 aromatic carbocycles. The molecule has 0 heterocycles. The lowest BCUT2D eigenvalue weighted by Gasteiger charge is -2.09. The van der Waals surface area contributed by atoms with Crippen LogP contribution in [0.2, 0.25) is 0 Å². The van der Waals surface area contributed by atoms with Crippen LogP contribution in [0.1, 0.15) is 17.2 Å². The zero-order valence-electron chi connectivity index (χ0n) is 7.56. The van der Waals surface area contributed by atoms with Crippen LogP contribution in [0.5, 0.6) is 0 Å². The Hall–Kier alpha value is -0.740. The van der Waals surface area contributed by atoms with E-state index in [9.17, 15) is 13.2 Å². The van der Waals surface area contributed by atoms with Crippen molar-refractivity contribution in [3.05, 3.63) is 34.9 Å². The third-order valence-electron chi connectivity index (χ3n) is 1.87. The van der Waals surface area contributed by atoms with Gasteiger partial charge in [0.1, 0.15) is 6.67 Å². The Kier molecular flexibility index (Phi) is 4.94. The Morgan fingerprint density at radius 3 is 2.36 bits per heavy atom. The van der Waals surface area contributed by atoms with E-state index in [1.54, 1.807) is 0 Å². The summed E-state index contributed by atoms with van der Waals surface area (Å²) in [6, 6.07) is 1.59. The van der Waals surface area contributed by atoms with Crippen LogP contribution in [0, 0.1) is 18.6 Å². The molecule has 0 unspecified atom stereocenters. The third-order valence-corrected chi connectivity index (χ3v) is 1.87. The van der Waals surface area contributed by atoms with Crippen molar-refractivity contribution in [1.29, 1.82) is 0 Å². The highest BCUT2D eigenvalue weighted by Gasteiger charge is 2.15. The Morgan fingerprint density at radius 2 is 1.86 bits per heavy atom. The first kappa shape index (κ1) is 13.3. The maximum atomic E-state index is 13.1. The van der Waals surface area contributed by atoms with Crippen LogP contribution < -0.4 is 5.73 Å². The van der Waals surface area contributed by atoms with Gasteiger partial charge in [0.25, 0.3) is 0 Å². The number of halogens is 4. The third kappa shape index (κ3) is 2.39. The van der Waals surface area contributed by atoms with Crippen molar-refractivity contribution < 1.29 is 13.2 Å². The molecule has 2 N–H and O–H groups in total. The van der Waals surface area contributed by atoms with Gasteiger partial charge in [-0.15, -0.1) is 12.4 Å². The van der Waals surface area contributed by atoms with E-state index >= 15 is 0 Å². The number of rotatable bonds is 2. The number of benzene rings is 1. The lowest BCUT2D eigenvalue weighted by molar-refractivity contribution is 0.416. The molecular formula is C9H11ClF3N. The summed E-state index contributed by atoms with van der Waals surface area (Å²) in [5, 5.41) is 0. The van der Waals surface area contributed by atoms with E-state index in [2.05, 4.69) is 0 Å². The Labute approximate surface area is 86.5 Å². The molecule has 14 heavy (non-hydrogen) atoms. The molecule has 0 saturated heterocycles. The molecule has 0 saturated carbocycles. The van der Waals surface area contributed by atoms with Crippen molar-refractivity contribution >= 4 is 12.4 Å². The van der Waals surface area contributed by atoms with Gasteiger partial charge in [0.15, 0.2) is 11.6 Å². The molecule has 0 fully saturated rings. The van der Waals surface area contributed by atoms with Crippen LogP contribution in [0.25, 0.3) is 0 Å². The van der Waals surface area contributed by atoms with Gasteiger partial charge < -0.3 is 5.73 Å². The van der Waals surface area contributed by atoms with Gasteiger partial charge in [0, 0.05) is 5.56 Å². The van der Waals surface area contributed by atoms with E-state index in [1.807, 2.05) is 0 Å². The summed E-state index contributed by atoms with van der Waals surface area (Å²) in [6.45, 7) is 0.530. The molecule has 0 radical (unpaired) electrons. The standard InChI is InChI=1S/C9H10F3N.ClH/c1-5-2-3-6(7(13)4-10)9(12)8(5)11;/h2-3,7H,4,13H2,1H3;1H/t7-;/m0./s1. The zero-order valence-corrected chi connectivity index (χ0v) is 8.38. The van der Waals surface area contributed by atoms with Gasteiger partial charge in [-0.2, -0.15) is 0 Å². The van der Waals surface area contributed by atoms with Gasteiger partial charge >= 0.3 is 0 Å². The molecule has 1 rings (SSSR count). The van der Waals surface area contributed by atoms with Gasteiger partial charge in [-0.3, -0.25) is 0 Å². The van der Waals surface area contributed by atoms with Crippen molar-refractivity contribution in [3.63, 3.8) is 0 Å². The largest absolute Gasteiger partial charge is 0.322 e. The Bertz CT molecular complexity index is 317. The monoisotopic (exact) mass is 225 g/mol. The second kappa shape index (κ2) is 5.22. The number of aryl methyl sites for hydroxylation is 1. The lowest BCUT2D eigenvalue weighted by Crippen LogP contribution is -2.15. The average molecular weight is 226 g/mol. The van der Waals surface area contributed by atoms with Crippen LogP contribution >= 0.6 is 12.4 Å². The van der Waals surface area contributed by atoms with Crippen LogP contribution in [-0.4, -0.2) is 6.67 Å². The van der Waals surface area contributed by atoms with Crippen molar-refractivity contribution in [1.82, 2.24) is 0 Å². The molecule has 1 nitrogen and oxygen atoms in total. The SMILES string of the molecule is Cc1ccc([C@@H](N)CF)c(F)c1F.Cl. The summed E-state index contributed by atoms with van der Waals surface area (Å²) in [6.07, 6.45) is 0. The molecule has 0 aliphatic rings. The summed E-state index contributed by atoms with van der Waals surface area (Å²) in [5.74, 6) is -2.01. The minimum Gasteiger partial charge on any atom is -0.322 e. The summed E-state index contributed by atoms with van der Waals surface area (Å²) in [7, 11) is 0. The number of hydrogen-bond acceptors (Lipinski definition) is 1. The van der Waals surface area contributed by atoms with E-state index in [0.29, 0.717) is 0 Å².